The van der Waals surface area contributed by atoms with E-state index in [-0.39, 0.29) is 12.5 Å². The summed E-state index contributed by atoms with van der Waals surface area (Å²) < 4.78 is 5.22. The number of hydrogen-bond donors (Lipinski definition) is 1. The van der Waals surface area contributed by atoms with Gasteiger partial charge in [0.15, 0.2) is 0 Å². The Kier molecular flexibility index (Phi) is 5.59. The third-order valence-electron chi connectivity index (χ3n) is 3.78. The predicted octanol–water partition coefficient (Wildman–Crippen LogP) is 1.52. The van der Waals surface area contributed by atoms with Gasteiger partial charge in [-0.2, -0.15) is 0 Å². The largest absolute Gasteiger partial charge is 0.481 e. The number of hydrogen-bond acceptors (Lipinski definition) is 3. The van der Waals surface area contributed by atoms with Gasteiger partial charge in [0.25, 0.3) is 0 Å². The molecule has 0 bridgehead atoms. The fourth-order valence-corrected chi connectivity index (χ4v) is 2.30. The quantitative estimate of drug-likeness (QED) is 0.732. The molecule has 0 atom stereocenters. The van der Waals surface area contributed by atoms with Crippen molar-refractivity contribution in [2.45, 2.75) is 39.5 Å². The second-order valence-corrected chi connectivity index (χ2v) is 4.87. The van der Waals surface area contributed by atoms with Crippen LogP contribution >= 0.6 is 0 Å². The molecule has 0 aromatic rings. The van der Waals surface area contributed by atoms with Gasteiger partial charge < -0.3 is 14.7 Å². The molecule has 0 saturated carbocycles. The first-order valence-electron chi connectivity index (χ1n) is 6.64. The molecule has 0 aromatic heterocycles. The normalized spacial score (nSPS) is 18.7. The van der Waals surface area contributed by atoms with Crippen molar-refractivity contribution in [1.29, 1.82) is 0 Å². The molecule has 1 fully saturated rings. The molecule has 104 valence electrons. The molecule has 0 radical (unpaired) electrons. The van der Waals surface area contributed by atoms with Crippen LogP contribution in [0.25, 0.3) is 0 Å². The van der Waals surface area contributed by atoms with Crippen molar-refractivity contribution in [2.75, 3.05) is 26.3 Å². The van der Waals surface area contributed by atoms with Crippen molar-refractivity contribution in [3.8, 4) is 0 Å². The number of rotatable bonds is 6. The van der Waals surface area contributed by atoms with Gasteiger partial charge in [-0.1, -0.05) is 13.8 Å². The summed E-state index contributed by atoms with van der Waals surface area (Å²) in [5, 5.41) is 9.26. The van der Waals surface area contributed by atoms with E-state index in [2.05, 4.69) is 0 Å². The van der Waals surface area contributed by atoms with Crippen molar-refractivity contribution in [2.24, 2.45) is 5.41 Å². The highest BCUT2D eigenvalue weighted by Gasteiger charge is 2.40. The van der Waals surface area contributed by atoms with Gasteiger partial charge >= 0.3 is 5.97 Å². The summed E-state index contributed by atoms with van der Waals surface area (Å²) in [6, 6.07) is 0. The Labute approximate surface area is 108 Å². The van der Waals surface area contributed by atoms with E-state index in [1.807, 2.05) is 13.8 Å². The van der Waals surface area contributed by atoms with Gasteiger partial charge in [0, 0.05) is 19.7 Å². The number of likely N-dealkylation sites (tertiary alicyclic amines) is 1. The maximum Gasteiger partial charge on any atom is 0.309 e. The van der Waals surface area contributed by atoms with E-state index in [9.17, 15) is 14.7 Å². The van der Waals surface area contributed by atoms with E-state index in [1.165, 1.54) is 0 Å². The Balaban J connectivity index is 2.43. The topological polar surface area (TPSA) is 66.8 Å². The zero-order chi connectivity index (χ0) is 13.6. The third kappa shape index (κ3) is 3.45. The number of amides is 1. The molecule has 1 aliphatic heterocycles. The summed E-state index contributed by atoms with van der Waals surface area (Å²) in [6.45, 7) is 5.64. The average Bonchev–Trinajstić information content (AvgIpc) is 2.38. The second kappa shape index (κ2) is 6.73. The number of ether oxygens (including phenoxy) is 1. The number of carboxylic acid groups (broad SMARTS) is 1. The molecule has 1 heterocycles. The highest BCUT2D eigenvalue weighted by molar-refractivity contribution is 5.79. The van der Waals surface area contributed by atoms with Crippen LogP contribution in [0.2, 0.25) is 0 Å². The van der Waals surface area contributed by atoms with E-state index < -0.39 is 11.4 Å². The van der Waals surface area contributed by atoms with Gasteiger partial charge in [0.1, 0.15) is 6.61 Å². The SMILES string of the molecule is CCCOCC(=O)N1CCC(CC)(C(=O)O)CC1. The summed E-state index contributed by atoms with van der Waals surface area (Å²) in [6.07, 6.45) is 2.60. The van der Waals surface area contributed by atoms with E-state index in [0.29, 0.717) is 39.0 Å². The van der Waals surface area contributed by atoms with Gasteiger partial charge in [-0.25, -0.2) is 0 Å². The van der Waals surface area contributed by atoms with Gasteiger partial charge in [-0.15, -0.1) is 0 Å². The Morgan fingerprint density at radius 3 is 2.33 bits per heavy atom. The van der Waals surface area contributed by atoms with Crippen LogP contribution in [0.5, 0.6) is 0 Å². The molecule has 5 nitrogen and oxygen atoms in total. The van der Waals surface area contributed by atoms with E-state index in [1.54, 1.807) is 4.90 Å². The molecule has 1 saturated heterocycles. The van der Waals surface area contributed by atoms with Gasteiger partial charge in [-0.3, -0.25) is 9.59 Å². The lowest BCUT2D eigenvalue weighted by atomic mass is 9.76. The van der Waals surface area contributed by atoms with Crippen LogP contribution in [0, 0.1) is 5.41 Å². The lowest BCUT2D eigenvalue weighted by molar-refractivity contribution is -0.155. The number of carbonyl (C=O) groups is 2. The fraction of sp³-hybridized carbons (Fsp3) is 0.846. The molecular weight excluding hydrogens is 234 g/mol. The minimum absolute atomic E-state index is 0.0291. The summed E-state index contributed by atoms with van der Waals surface area (Å²) in [5.41, 5.74) is -0.638. The van der Waals surface area contributed by atoms with Crippen LogP contribution in [0.4, 0.5) is 0 Å². The molecule has 0 aromatic carbocycles. The fourth-order valence-electron chi connectivity index (χ4n) is 2.30. The molecule has 0 unspecified atom stereocenters. The average molecular weight is 257 g/mol. The Hall–Kier alpha value is -1.10. The predicted molar refractivity (Wildman–Crippen MR) is 67.3 cm³/mol. The van der Waals surface area contributed by atoms with Gasteiger partial charge in [0.05, 0.1) is 5.41 Å². The molecule has 0 aliphatic carbocycles. The first kappa shape index (κ1) is 15.0. The van der Waals surface area contributed by atoms with Crippen LogP contribution in [0.15, 0.2) is 0 Å². The highest BCUT2D eigenvalue weighted by Crippen LogP contribution is 2.35. The minimum atomic E-state index is -0.737. The zero-order valence-corrected chi connectivity index (χ0v) is 11.3. The summed E-state index contributed by atoms with van der Waals surface area (Å²) in [4.78, 5) is 24.8. The lowest BCUT2D eigenvalue weighted by Crippen LogP contribution is -2.47. The van der Waals surface area contributed by atoms with Crippen LogP contribution in [-0.2, 0) is 14.3 Å². The summed E-state index contributed by atoms with van der Waals surface area (Å²) >= 11 is 0. The Morgan fingerprint density at radius 1 is 1.28 bits per heavy atom. The third-order valence-corrected chi connectivity index (χ3v) is 3.78. The number of piperidine rings is 1. The Morgan fingerprint density at radius 2 is 1.89 bits per heavy atom. The van der Waals surface area contributed by atoms with Crippen LogP contribution in [0.3, 0.4) is 0 Å². The summed E-state index contributed by atoms with van der Waals surface area (Å²) in [5.74, 6) is -0.766. The molecule has 1 rings (SSSR count). The molecule has 18 heavy (non-hydrogen) atoms. The lowest BCUT2D eigenvalue weighted by Gasteiger charge is -2.38. The molecule has 1 aliphatic rings. The van der Waals surface area contributed by atoms with Crippen LogP contribution in [-0.4, -0.2) is 48.2 Å². The molecule has 1 N–H and O–H groups in total. The Bertz CT molecular complexity index is 295. The minimum Gasteiger partial charge on any atom is -0.481 e. The molecule has 0 spiro atoms. The molecule has 1 amide bonds. The van der Waals surface area contributed by atoms with Crippen LogP contribution < -0.4 is 0 Å². The highest BCUT2D eigenvalue weighted by atomic mass is 16.5. The number of carboxylic acids is 1. The van der Waals surface area contributed by atoms with Crippen molar-refractivity contribution >= 4 is 11.9 Å². The number of carbonyl (C=O) groups excluding carboxylic acids is 1. The molecular formula is C13H23NO4. The maximum atomic E-state index is 11.8. The van der Waals surface area contributed by atoms with Crippen molar-refractivity contribution in [1.82, 2.24) is 4.90 Å². The van der Waals surface area contributed by atoms with E-state index in [4.69, 9.17) is 4.74 Å². The first-order valence-corrected chi connectivity index (χ1v) is 6.64. The smallest absolute Gasteiger partial charge is 0.309 e. The van der Waals surface area contributed by atoms with E-state index >= 15 is 0 Å². The zero-order valence-electron chi connectivity index (χ0n) is 11.3. The van der Waals surface area contributed by atoms with Crippen molar-refractivity contribution in [3.63, 3.8) is 0 Å². The van der Waals surface area contributed by atoms with Gasteiger partial charge in [0.2, 0.25) is 5.91 Å². The second-order valence-electron chi connectivity index (χ2n) is 4.87. The van der Waals surface area contributed by atoms with Crippen molar-refractivity contribution in [3.05, 3.63) is 0 Å². The maximum absolute atomic E-state index is 11.8. The number of nitrogens with zero attached hydrogens (tertiary/aromatic N) is 1. The van der Waals surface area contributed by atoms with Crippen molar-refractivity contribution < 1.29 is 19.4 Å². The summed E-state index contributed by atoms with van der Waals surface area (Å²) in [7, 11) is 0. The standard InChI is InChI=1S/C13H23NO4/c1-3-9-18-10-11(15)14-7-5-13(4-2,6-8-14)12(16)17/h3-10H2,1-2H3,(H,16,17). The first-order chi connectivity index (χ1) is 8.55. The van der Waals surface area contributed by atoms with Crippen LogP contribution in [0.1, 0.15) is 39.5 Å². The molecule has 5 heteroatoms. The monoisotopic (exact) mass is 257 g/mol. The van der Waals surface area contributed by atoms with E-state index in [0.717, 1.165) is 6.42 Å². The number of aliphatic carboxylic acids is 1. The van der Waals surface area contributed by atoms with Gasteiger partial charge in [-0.05, 0) is 25.7 Å².